The number of rotatable bonds is 7. The van der Waals surface area contributed by atoms with Gasteiger partial charge in [0, 0.05) is 12.6 Å². The van der Waals surface area contributed by atoms with Crippen molar-refractivity contribution in [2.75, 3.05) is 37.9 Å². The molecule has 0 aromatic carbocycles. The van der Waals surface area contributed by atoms with Crippen LogP contribution in [0.5, 0.6) is 5.88 Å². The van der Waals surface area contributed by atoms with Crippen LogP contribution >= 0.6 is 0 Å². The maximum atomic E-state index is 10.4. The highest BCUT2D eigenvalue weighted by Gasteiger charge is 2.02. The Morgan fingerprint density at radius 2 is 2.29 bits per heavy atom. The largest absolute Gasteiger partial charge is 0.481 e. The molecular formula is C10H16N4O3. The van der Waals surface area contributed by atoms with Crippen molar-refractivity contribution in [3.63, 3.8) is 0 Å². The highest BCUT2D eigenvalue weighted by Crippen LogP contribution is 2.18. The molecule has 0 atom stereocenters. The predicted octanol–water partition coefficient (Wildman–Crippen LogP) is -0.414. The minimum Gasteiger partial charge on any atom is -0.481 e. The van der Waals surface area contributed by atoms with E-state index in [0.29, 0.717) is 30.5 Å². The van der Waals surface area contributed by atoms with E-state index in [1.807, 2.05) is 0 Å². The average molecular weight is 240 g/mol. The van der Waals surface area contributed by atoms with E-state index >= 15 is 0 Å². The molecule has 0 unspecified atom stereocenters. The highest BCUT2D eigenvalue weighted by atomic mass is 16.5. The van der Waals surface area contributed by atoms with E-state index in [1.54, 1.807) is 12.1 Å². The zero-order valence-corrected chi connectivity index (χ0v) is 9.60. The number of nitrogens with one attached hydrogen (secondary N) is 1. The minimum atomic E-state index is -0.496. The lowest BCUT2D eigenvalue weighted by molar-refractivity contribution is -0.122. The smallest absolute Gasteiger partial charge is 0.243 e. The zero-order chi connectivity index (χ0) is 12.7. The SMILES string of the molecule is COc1ccc(N)c(NCCOCC(N)=O)n1. The molecule has 0 radical (unpaired) electrons. The second-order valence-corrected chi connectivity index (χ2v) is 3.24. The maximum absolute atomic E-state index is 10.4. The second-order valence-electron chi connectivity index (χ2n) is 3.24. The number of nitrogen functional groups attached to an aromatic ring is 1. The third-order valence-electron chi connectivity index (χ3n) is 1.89. The van der Waals surface area contributed by atoms with Crippen LogP contribution < -0.4 is 21.5 Å². The first-order chi connectivity index (χ1) is 8.13. The summed E-state index contributed by atoms with van der Waals surface area (Å²) < 4.78 is 9.95. The Kier molecular flexibility index (Phi) is 5.02. The highest BCUT2D eigenvalue weighted by molar-refractivity contribution is 5.74. The summed E-state index contributed by atoms with van der Waals surface area (Å²) in [6.45, 7) is 0.710. The number of aromatic nitrogens is 1. The quantitative estimate of drug-likeness (QED) is 0.558. The standard InChI is InChI=1S/C10H16N4O3/c1-16-9-3-2-7(11)10(14-9)13-4-5-17-6-8(12)15/h2-3H,4-6,11H2,1H3,(H2,12,15)(H,13,14). The number of ether oxygens (including phenoxy) is 2. The Morgan fingerprint density at radius 1 is 1.53 bits per heavy atom. The van der Waals surface area contributed by atoms with Crippen LogP contribution in [0.15, 0.2) is 12.1 Å². The third-order valence-corrected chi connectivity index (χ3v) is 1.89. The van der Waals surface area contributed by atoms with E-state index in [4.69, 9.17) is 20.9 Å². The van der Waals surface area contributed by atoms with Gasteiger partial charge in [0.2, 0.25) is 11.8 Å². The normalized spacial score (nSPS) is 9.94. The number of primary amides is 1. The molecule has 0 aliphatic heterocycles. The van der Waals surface area contributed by atoms with E-state index in [1.165, 1.54) is 7.11 Å². The number of hydrogen-bond acceptors (Lipinski definition) is 6. The second kappa shape index (κ2) is 6.54. The number of anilines is 2. The van der Waals surface area contributed by atoms with Gasteiger partial charge in [-0.05, 0) is 6.07 Å². The van der Waals surface area contributed by atoms with Gasteiger partial charge in [-0.25, -0.2) is 0 Å². The molecule has 1 amide bonds. The fourth-order valence-electron chi connectivity index (χ4n) is 1.12. The van der Waals surface area contributed by atoms with Crippen LogP contribution in [-0.2, 0) is 9.53 Å². The molecule has 7 nitrogen and oxygen atoms in total. The average Bonchev–Trinajstić information content (AvgIpc) is 2.30. The van der Waals surface area contributed by atoms with Gasteiger partial charge in [0.05, 0.1) is 19.4 Å². The van der Waals surface area contributed by atoms with Gasteiger partial charge in [-0.15, -0.1) is 0 Å². The lowest BCUT2D eigenvalue weighted by atomic mass is 10.4. The van der Waals surface area contributed by atoms with Crippen molar-refractivity contribution >= 4 is 17.4 Å². The van der Waals surface area contributed by atoms with E-state index in [9.17, 15) is 4.79 Å². The molecule has 0 saturated carbocycles. The van der Waals surface area contributed by atoms with Crippen molar-refractivity contribution in [3.8, 4) is 5.88 Å². The molecule has 0 fully saturated rings. The number of amides is 1. The molecule has 1 aromatic heterocycles. The van der Waals surface area contributed by atoms with Gasteiger partial charge in [0.15, 0.2) is 5.82 Å². The summed E-state index contributed by atoms with van der Waals surface area (Å²) in [5, 5.41) is 2.97. The van der Waals surface area contributed by atoms with Gasteiger partial charge < -0.3 is 26.3 Å². The molecule has 0 bridgehead atoms. The van der Waals surface area contributed by atoms with Crippen LogP contribution in [0.2, 0.25) is 0 Å². The van der Waals surface area contributed by atoms with Crippen LogP contribution in [0, 0.1) is 0 Å². The number of carbonyl (C=O) groups excluding carboxylic acids is 1. The number of nitrogens with two attached hydrogens (primary N) is 2. The van der Waals surface area contributed by atoms with Gasteiger partial charge in [-0.3, -0.25) is 4.79 Å². The summed E-state index contributed by atoms with van der Waals surface area (Å²) >= 11 is 0. The Morgan fingerprint density at radius 3 is 2.94 bits per heavy atom. The predicted molar refractivity (Wildman–Crippen MR) is 63.7 cm³/mol. The van der Waals surface area contributed by atoms with Crippen LogP contribution in [0.1, 0.15) is 0 Å². The summed E-state index contributed by atoms with van der Waals surface area (Å²) in [6, 6.07) is 3.36. The fourth-order valence-corrected chi connectivity index (χ4v) is 1.12. The first kappa shape index (κ1) is 13.0. The van der Waals surface area contributed by atoms with Gasteiger partial charge in [0.25, 0.3) is 0 Å². The number of nitrogens with zero attached hydrogens (tertiary/aromatic N) is 1. The molecule has 7 heteroatoms. The fraction of sp³-hybridized carbons (Fsp3) is 0.400. The molecule has 94 valence electrons. The Hall–Kier alpha value is -2.02. The van der Waals surface area contributed by atoms with Crippen LogP contribution in [0.25, 0.3) is 0 Å². The molecule has 0 aliphatic rings. The molecule has 1 aromatic rings. The molecule has 17 heavy (non-hydrogen) atoms. The summed E-state index contributed by atoms with van der Waals surface area (Å²) in [5.41, 5.74) is 11.1. The van der Waals surface area contributed by atoms with Crippen LogP contribution in [0.4, 0.5) is 11.5 Å². The molecule has 0 saturated heterocycles. The van der Waals surface area contributed by atoms with Crippen molar-refractivity contribution in [3.05, 3.63) is 12.1 Å². The van der Waals surface area contributed by atoms with Crippen molar-refractivity contribution in [2.45, 2.75) is 0 Å². The van der Waals surface area contributed by atoms with Gasteiger partial charge in [-0.2, -0.15) is 4.98 Å². The van der Waals surface area contributed by atoms with Crippen molar-refractivity contribution in [1.82, 2.24) is 4.98 Å². The maximum Gasteiger partial charge on any atom is 0.243 e. The Bertz CT molecular complexity index is 384. The van der Waals surface area contributed by atoms with Gasteiger partial charge in [0.1, 0.15) is 6.61 Å². The summed E-state index contributed by atoms with van der Waals surface area (Å²) in [6.07, 6.45) is 0. The van der Waals surface area contributed by atoms with E-state index in [2.05, 4.69) is 10.3 Å². The first-order valence-corrected chi connectivity index (χ1v) is 5.04. The topological polar surface area (TPSA) is 112 Å². The molecule has 1 heterocycles. The van der Waals surface area contributed by atoms with Gasteiger partial charge >= 0.3 is 0 Å². The molecule has 1 rings (SSSR count). The minimum absolute atomic E-state index is 0.0945. The molecule has 5 N–H and O–H groups in total. The lowest BCUT2D eigenvalue weighted by Crippen LogP contribution is -2.21. The third kappa shape index (κ3) is 4.56. The Balaban J connectivity index is 2.38. The van der Waals surface area contributed by atoms with E-state index in [0.717, 1.165) is 0 Å². The summed E-state index contributed by atoms with van der Waals surface area (Å²) in [4.78, 5) is 14.5. The number of pyridine rings is 1. The summed E-state index contributed by atoms with van der Waals surface area (Å²) in [7, 11) is 1.53. The van der Waals surface area contributed by atoms with E-state index < -0.39 is 5.91 Å². The molecule has 0 aliphatic carbocycles. The van der Waals surface area contributed by atoms with E-state index in [-0.39, 0.29) is 6.61 Å². The van der Waals surface area contributed by atoms with Crippen molar-refractivity contribution < 1.29 is 14.3 Å². The number of hydrogen-bond donors (Lipinski definition) is 3. The van der Waals surface area contributed by atoms with Crippen LogP contribution in [-0.4, -0.2) is 37.8 Å². The number of methoxy groups -OCH3 is 1. The Labute approximate surface area is 99.1 Å². The summed E-state index contributed by atoms with van der Waals surface area (Å²) in [5.74, 6) is 0.496. The number of carbonyl (C=O) groups is 1. The molecule has 0 spiro atoms. The lowest BCUT2D eigenvalue weighted by Gasteiger charge is -2.09. The monoisotopic (exact) mass is 240 g/mol. The van der Waals surface area contributed by atoms with Crippen LogP contribution in [0.3, 0.4) is 0 Å². The molecular weight excluding hydrogens is 224 g/mol. The van der Waals surface area contributed by atoms with Crippen molar-refractivity contribution in [2.24, 2.45) is 5.73 Å². The van der Waals surface area contributed by atoms with Crippen molar-refractivity contribution in [1.29, 1.82) is 0 Å². The zero-order valence-electron chi connectivity index (χ0n) is 9.60. The van der Waals surface area contributed by atoms with Gasteiger partial charge in [-0.1, -0.05) is 0 Å². The first-order valence-electron chi connectivity index (χ1n) is 5.04.